The first kappa shape index (κ1) is 17.5. The van der Waals surface area contributed by atoms with Crippen LogP contribution in [0, 0.1) is 11.3 Å². The van der Waals surface area contributed by atoms with E-state index in [2.05, 4.69) is 16.3 Å². The number of benzene rings is 2. The number of nitrogens with two attached hydrogens (primary N) is 1. The lowest BCUT2D eigenvalue weighted by molar-refractivity contribution is 0.379. The molecule has 0 saturated carbocycles. The van der Waals surface area contributed by atoms with Crippen molar-refractivity contribution >= 4 is 23.4 Å². The van der Waals surface area contributed by atoms with Crippen LogP contribution in [0.1, 0.15) is 17.0 Å². The summed E-state index contributed by atoms with van der Waals surface area (Å²) in [7, 11) is 0. The summed E-state index contributed by atoms with van der Waals surface area (Å²) >= 11 is 8.06. The van der Waals surface area contributed by atoms with Crippen molar-refractivity contribution in [3.05, 3.63) is 76.1 Å². The van der Waals surface area contributed by atoms with E-state index < -0.39 is 0 Å². The zero-order chi connectivity index (χ0) is 19.0. The number of allylic oxidation sites excluding steroid dienone is 1. The van der Waals surface area contributed by atoms with Crippen LogP contribution in [0.2, 0.25) is 5.02 Å². The number of halogens is 1. The number of aromatic nitrogens is 2. The smallest absolute Gasteiger partial charge is 0.244 e. The number of H-pyrrole nitrogens is 1. The Balaban J connectivity index is 1.94. The third-order valence-electron chi connectivity index (χ3n) is 4.53. The molecular weight excluding hydrogens is 380 g/mol. The zero-order valence-corrected chi connectivity index (χ0v) is 15.9. The second-order valence-corrected chi connectivity index (χ2v) is 7.28. The second kappa shape index (κ2) is 7.03. The molecule has 0 fully saturated rings. The van der Waals surface area contributed by atoms with Gasteiger partial charge in [0, 0.05) is 15.5 Å². The number of nitriles is 1. The third-order valence-corrected chi connectivity index (χ3v) is 5.60. The molecule has 1 aliphatic heterocycles. The maximum atomic E-state index is 9.74. The molecule has 27 heavy (non-hydrogen) atoms. The molecule has 0 unspecified atom stereocenters. The van der Waals surface area contributed by atoms with Crippen molar-refractivity contribution in [1.29, 1.82) is 5.26 Å². The van der Waals surface area contributed by atoms with E-state index in [1.807, 2.05) is 54.8 Å². The van der Waals surface area contributed by atoms with Crippen LogP contribution in [-0.4, -0.2) is 16.5 Å². The van der Waals surface area contributed by atoms with Crippen LogP contribution in [0.5, 0.6) is 5.88 Å². The average Bonchev–Trinajstić information content (AvgIpc) is 3.10. The van der Waals surface area contributed by atoms with Gasteiger partial charge in [-0.15, -0.1) is 16.9 Å². The fourth-order valence-electron chi connectivity index (χ4n) is 3.24. The molecule has 2 aromatic carbocycles. The largest absolute Gasteiger partial charge is 0.420 e. The number of hydrogen-bond acceptors (Lipinski definition) is 5. The minimum Gasteiger partial charge on any atom is -0.420 e. The predicted octanol–water partition coefficient (Wildman–Crippen LogP) is 4.67. The van der Waals surface area contributed by atoms with E-state index in [0.717, 1.165) is 27.3 Å². The molecule has 0 amide bonds. The Morgan fingerprint density at radius 3 is 2.63 bits per heavy atom. The predicted molar refractivity (Wildman–Crippen MR) is 107 cm³/mol. The first-order valence-corrected chi connectivity index (χ1v) is 9.79. The van der Waals surface area contributed by atoms with Gasteiger partial charge in [-0.3, -0.25) is 5.10 Å². The zero-order valence-electron chi connectivity index (χ0n) is 14.4. The molecule has 0 bridgehead atoms. The van der Waals surface area contributed by atoms with E-state index >= 15 is 0 Å². The number of nitrogens with one attached hydrogen (secondary N) is 1. The maximum absolute atomic E-state index is 9.74. The molecule has 3 aromatic rings. The molecule has 1 aliphatic rings. The summed E-state index contributed by atoms with van der Waals surface area (Å²) in [6, 6.07) is 17.7. The van der Waals surface area contributed by atoms with Crippen LogP contribution < -0.4 is 10.5 Å². The number of fused-ring (bicyclic) bond motifs is 1. The molecule has 0 radical (unpaired) electrons. The van der Waals surface area contributed by atoms with Crippen molar-refractivity contribution in [2.24, 2.45) is 5.73 Å². The van der Waals surface area contributed by atoms with Gasteiger partial charge < -0.3 is 10.5 Å². The summed E-state index contributed by atoms with van der Waals surface area (Å²) in [6.07, 6.45) is 2.02. The van der Waals surface area contributed by atoms with Crippen LogP contribution in [0.3, 0.4) is 0 Å². The first-order chi connectivity index (χ1) is 13.1. The van der Waals surface area contributed by atoms with E-state index in [1.54, 1.807) is 11.8 Å². The molecule has 4 rings (SSSR count). The lowest BCUT2D eigenvalue weighted by atomic mass is 9.83. The quantitative estimate of drug-likeness (QED) is 0.630. The van der Waals surface area contributed by atoms with Crippen LogP contribution in [-0.2, 0) is 0 Å². The van der Waals surface area contributed by atoms with Crippen molar-refractivity contribution in [2.75, 3.05) is 6.26 Å². The summed E-state index contributed by atoms with van der Waals surface area (Å²) in [4.78, 5) is 1.14. The van der Waals surface area contributed by atoms with Gasteiger partial charge in [-0.05, 0) is 30.0 Å². The number of ether oxygens (including phenoxy) is 1. The Morgan fingerprint density at radius 2 is 1.96 bits per heavy atom. The first-order valence-electron chi connectivity index (χ1n) is 8.18. The van der Waals surface area contributed by atoms with Crippen molar-refractivity contribution in [3.63, 3.8) is 0 Å². The standard InChI is InChI=1S/C20H15ClN4OS/c1-27-12-8-6-11(7-9-12)16-14(10-22)19(23)26-20-17(16)18(24-25-20)13-4-2-3-5-15(13)21/h2-9,16H,23H2,1H3,(H,24,25)/t16-/m0/s1. The number of aromatic amines is 1. The Kier molecular flexibility index (Phi) is 4.56. The Hall–Kier alpha value is -2.88. The summed E-state index contributed by atoms with van der Waals surface area (Å²) in [5.74, 6) is 0.0428. The van der Waals surface area contributed by atoms with E-state index in [-0.39, 0.29) is 11.8 Å². The fraction of sp³-hybridized carbons (Fsp3) is 0.100. The molecule has 1 aromatic heterocycles. The van der Waals surface area contributed by atoms with Gasteiger partial charge in [0.1, 0.15) is 11.6 Å². The van der Waals surface area contributed by atoms with Gasteiger partial charge >= 0.3 is 0 Å². The number of nitrogens with zero attached hydrogens (tertiary/aromatic N) is 2. The van der Waals surface area contributed by atoms with Gasteiger partial charge in [-0.1, -0.05) is 41.9 Å². The number of rotatable bonds is 3. The van der Waals surface area contributed by atoms with Gasteiger partial charge in [0.25, 0.3) is 0 Å². The van der Waals surface area contributed by atoms with Crippen molar-refractivity contribution < 1.29 is 4.74 Å². The Labute approximate surface area is 165 Å². The number of thioether (sulfide) groups is 1. The van der Waals surface area contributed by atoms with Crippen LogP contribution in [0.25, 0.3) is 11.3 Å². The Bertz CT molecular complexity index is 1080. The SMILES string of the molecule is CSc1ccc([C@H]2C(C#N)=C(N)Oc3n[nH]c(-c4ccccc4Cl)c32)cc1. The summed E-state index contributed by atoms with van der Waals surface area (Å²) < 4.78 is 5.62. The highest BCUT2D eigenvalue weighted by Gasteiger charge is 2.35. The highest BCUT2D eigenvalue weighted by molar-refractivity contribution is 7.98. The van der Waals surface area contributed by atoms with Gasteiger partial charge in [-0.2, -0.15) is 5.26 Å². The maximum Gasteiger partial charge on any atom is 0.244 e. The van der Waals surface area contributed by atoms with Crippen LogP contribution >= 0.6 is 23.4 Å². The molecule has 3 N–H and O–H groups in total. The van der Waals surface area contributed by atoms with Gasteiger partial charge in [0.15, 0.2) is 0 Å². The average molecular weight is 395 g/mol. The fourth-order valence-corrected chi connectivity index (χ4v) is 3.88. The molecule has 0 saturated heterocycles. The van der Waals surface area contributed by atoms with Crippen LogP contribution in [0.15, 0.2) is 64.9 Å². The van der Waals surface area contributed by atoms with Gasteiger partial charge in [-0.25, -0.2) is 0 Å². The summed E-state index contributed by atoms with van der Waals surface area (Å²) in [5.41, 5.74) is 9.57. The molecule has 134 valence electrons. The Morgan fingerprint density at radius 1 is 1.22 bits per heavy atom. The van der Waals surface area contributed by atoms with E-state index in [1.165, 1.54) is 0 Å². The molecule has 1 atom stereocenters. The molecule has 7 heteroatoms. The summed E-state index contributed by atoms with van der Waals surface area (Å²) in [5, 5.41) is 17.6. The van der Waals surface area contributed by atoms with E-state index in [4.69, 9.17) is 22.1 Å². The lowest BCUT2D eigenvalue weighted by Gasteiger charge is -2.24. The highest BCUT2D eigenvalue weighted by atomic mass is 35.5. The molecular formula is C20H15ClN4OS. The monoisotopic (exact) mass is 394 g/mol. The van der Waals surface area contributed by atoms with Gasteiger partial charge in [0.05, 0.1) is 17.2 Å². The lowest BCUT2D eigenvalue weighted by Crippen LogP contribution is -2.21. The molecule has 0 spiro atoms. The number of hydrogen-bond donors (Lipinski definition) is 2. The summed E-state index contributed by atoms with van der Waals surface area (Å²) in [6.45, 7) is 0. The molecule has 2 heterocycles. The minimum absolute atomic E-state index is 0.0705. The molecule has 0 aliphatic carbocycles. The van der Waals surface area contributed by atoms with E-state index in [9.17, 15) is 5.26 Å². The minimum atomic E-state index is -0.389. The van der Waals surface area contributed by atoms with Crippen molar-refractivity contribution in [1.82, 2.24) is 10.2 Å². The third kappa shape index (κ3) is 2.95. The van der Waals surface area contributed by atoms with Crippen LogP contribution in [0.4, 0.5) is 0 Å². The van der Waals surface area contributed by atoms with Crippen molar-refractivity contribution in [2.45, 2.75) is 10.8 Å². The topological polar surface area (TPSA) is 87.7 Å². The van der Waals surface area contributed by atoms with Crippen molar-refractivity contribution in [3.8, 4) is 23.2 Å². The van der Waals surface area contributed by atoms with E-state index in [0.29, 0.717) is 16.5 Å². The molecule has 5 nitrogen and oxygen atoms in total. The second-order valence-electron chi connectivity index (χ2n) is 6.00. The normalized spacial score (nSPS) is 15.8. The highest BCUT2D eigenvalue weighted by Crippen LogP contribution is 2.46. The van der Waals surface area contributed by atoms with Gasteiger partial charge in [0.2, 0.25) is 11.8 Å².